The SMILES string of the molecule is CCOc1ccc(-n2c(C(CCNC3CCNCC3)N(Cc3cccnc3)C(=O)Cc3ccc(C(F)(F)F)c(F)c3)nc3ccccc3c2=O)cc1. The number of nitrogens with one attached hydrogen (secondary N) is 2. The summed E-state index contributed by atoms with van der Waals surface area (Å²) in [5.41, 5.74) is -0.0245. The van der Waals surface area contributed by atoms with Crippen LogP contribution in [0.1, 0.15) is 54.7 Å². The molecular formula is C39H40F4N6O3. The van der Waals surface area contributed by atoms with Gasteiger partial charge in [0, 0.05) is 25.0 Å². The molecule has 1 aliphatic rings. The van der Waals surface area contributed by atoms with Crippen LogP contribution in [0.3, 0.4) is 0 Å². The maximum absolute atomic E-state index is 14.7. The number of para-hydroxylation sites is 1. The molecule has 2 N–H and O–H groups in total. The lowest BCUT2D eigenvalue weighted by Crippen LogP contribution is -2.43. The number of alkyl halides is 3. The minimum Gasteiger partial charge on any atom is -0.494 e. The van der Waals surface area contributed by atoms with E-state index in [1.165, 1.54) is 4.57 Å². The van der Waals surface area contributed by atoms with Crippen molar-refractivity contribution in [2.75, 3.05) is 26.2 Å². The highest BCUT2D eigenvalue weighted by molar-refractivity contribution is 5.80. The van der Waals surface area contributed by atoms with E-state index in [9.17, 15) is 27.2 Å². The topological polar surface area (TPSA) is 101 Å². The van der Waals surface area contributed by atoms with E-state index in [4.69, 9.17) is 9.72 Å². The molecule has 13 heteroatoms. The third-order valence-electron chi connectivity index (χ3n) is 9.16. The Balaban J connectivity index is 1.48. The number of pyridine rings is 1. The molecule has 0 bridgehead atoms. The number of ether oxygens (including phenoxy) is 1. The van der Waals surface area contributed by atoms with Gasteiger partial charge in [-0.25, -0.2) is 9.37 Å². The molecule has 1 fully saturated rings. The molecule has 3 aromatic carbocycles. The lowest BCUT2D eigenvalue weighted by molar-refractivity contribution is -0.140. The van der Waals surface area contributed by atoms with E-state index in [-0.39, 0.29) is 23.7 Å². The van der Waals surface area contributed by atoms with Crippen molar-refractivity contribution in [2.24, 2.45) is 0 Å². The number of carbonyl (C=O) groups excluding carboxylic acids is 1. The van der Waals surface area contributed by atoms with Crippen molar-refractivity contribution < 1.29 is 27.1 Å². The van der Waals surface area contributed by atoms with Crippen LogP contribution >= 0.6 is 0 Å². The first-order chi connectivity index (χ1) is 25.1. The van der Waals surface area contributed by atoms with Crippen LogP contribution in [0.25, 0.3) is 16.6 Å². The Bertz CT molecular complexity index is 2030. The first-order valence-electron chi connectivity index (χ1n) is 17.4. The van der Waals surface area contributed by atoms with E-state index in [2.05, 4.69) is 15.6 Å². The summed E-state index contributed by atoms with van der Waals surface area (Å²) < 4.78 is 62.0. The predicted octanol–water partition coefficient (Wildman–Crippen LogP) is 6.38. The van der Waals surface area contributed by atoms with Gasteiger partial charge in [0.2, 0.25) is 5.91 Å². The van der Waals surface area contributed by atoms with Crippen LogP contribution in [0.15, 0.2) is 96.1 Å². The molecule has 1 unspecified atom stereocenters. The van der Waals surface area contributed by atoms with Crippen LogP contribution in [0, 0.1) is 5.82 Å². The second-order valence-electron chi connectivity index (χ2n) is 12.7. The zero-order valence-electron chi connectivity index (χ0n) is 28.7. The molecule has 52 heavy (non-hydrogen) atoms. The molecule has 1 aliphatic heterocycles. The summed E-state index contributed by atoms with van der Waals surface area (Å²) in [7, 11) is 0. The lowest BCUT2D eigenvalue weighted by atomic mass is 10.0. The number of amides is 1. The number of rotatable bonds is 13. The smallest absolute Gasteiger partial charge is 0.419 e. The van der Waals surface area contributed by atoms with Crippen LogP contribution in [-0.4, -0.2) is 57.6 Å². The van der Waals surface area contributed by atoms with Gasteiger partial charge < -0.3 is 20.3 Å². The zero-order chi connectivity index (χ0) is 36.7. The standard InChI is InChI=1S/C39H40F4N6O3/c1-2-52-30-12-10-29(11-13-30)49-37(47-34-8-4-3-7-31(34)38(49)51)35(17-21-46-28-15-19-44-20-16-28)48(25-27-6-5-18-45-24-27)36(50)23-26-9-14-32(33(40)22-26)39(41,42)43/h3-14,18,22,24,28,35,44,46H,2,15-17,19-21,23,25H2,1H3. The fraction of sp³-hybridized carbons (Fsp3) is 0.333. The fourth-order valence-electron chi connectivity index (χ4n) is 6.59. The third-order valence-corrected chi connectivity index (χ3v) is 9.16. The number of fused-ring (bicyclic) bond motifs is 1. The Hall–Kier alpha value is -5.14. The molecule has 1 amide bonds. The molecule has 0 saturated carbocycles. The largest absolute Gasteiger partial charge is 0.494 e. The van der Waals surface area contributed by atoms with E-state index < -0.39 is 35.9 Å². The molecule has 0 spiro atoms. The molecule has 0 aliphatic carbocycles. The van der Waals surface area contributed by atoms with Gasteiger partial charge in [-0.1, -0.05) is 24.3 Å². The number of carbonyl (C=O) groups is 1. The molecule has 6 rings (SSSR count). The summed E-state index contributed by atoms with van der Waals surface area (Å²) in [6, 6.07) is 19.5. The molecule has 0 radical (unpaired) electrons. The van der Waals surface area contributed by atoms with Gasteiger partial charge in [0.15, 0.2) is 0 Å². The van der Waals surface area contributed by atoms with E-state index in [0.29, 0.717) is 59.4 Å². The molecule has 272 valence electrons. The molecular weight excluding hydrogens is 676 g/mol. The molecule has 5 aromatic rings. The van der Waals surface area contributed by atoms with Crippen LogP contribution < -0.4 is 20.9 Å². The van der Waals surface area contributed by atoms with Gasteiger partial charge in [-0.05, 0) is 112 Å². The van der Waals surface area contributed by atoms with Crippen LogP contribution in [0.2, 0.25) is 0 Å². The number of benzene rings is 3. The first-order valence-corrected chi connectivity index (χ1v) is 17.4. The van der Waals surface area contributed by atoms with Crippen molar-refractivity contribution >= 4 is 16.8 Å². The van der Waals surface area contributed by atoms with Gasteiger partial charge in [-0.2, -0.15) is 13.2 Å². The summed E-state index contributed by atoms with van der Waals surface area (Å²) in [6.45, 7) is 4.59. The Morgan fingerprint density at radius 2 is 1.81 bits per heavy atom. The van der Waals surface area contributed by atoms with Crippen molar-refractivity contribution in [1.82, 2.24) is 30.1 Å². The molecule has 1 atom stereocenters. The van der Waals surface area contributed by atoms with Crippen molar-refractivity contribution in [3.63, 3.8) is 0 Å². The summed E-state index contributed by atoms with van der Waals surface area (Å²) in [6.07, 6.45) is 0.137. The van der Waals surface area contributed by atoms with E-state index in [0.717, 1.165) is 38.1 Å². The number of aromatic nitrogens is 3. The zero-order valence-corrected chi connectivity index (χ0v) is 28.7. The number of piperidine rings is 1. The average molecular weight is 717 g/mol. The Labute approximate surface area is 298 Å². The summed E-state index contributed by atoms with van der Waals surface area (Å²) >= 11 is 0. The van der Waals surface area contributed by atoms with E-state index in [1.807, 2.05) is 13.0 Å². The normalized spacial score (nSPS) is 14.3. The van der Waals surface area contributed by atoms with Gasteiger partial charge >= 0.3 is 6.18 Å². The van der Waals surface area contributed by atoms with Gasteiger partial charge in [0.1, 0.15) is 17.4 Å². The second kappa shape index (κ2) is 16.5. The monoisotopic (exact) mass is 716 g/mol. The van der Waals surface area contributed by atoms with Gasteiger partial charge in [0.05, 0.1) is 41.2 Å². The highest BCUT2D eigenvalue weighted by Crippen LogP contribution is 2.33. The van der Waals surface area contributed by atoms with Crippen LogP contribution in [-0.2, 0) is 23.9 Å². The average Bonchev–Trinajstić information content (AvgIpc) is 3.13. The second-order valence-corrected chi connectivity index (χ2v) is 12.7. The fourth-order valence-corrected chi connectivity index (χ4v) is 6.59. The van der Waals surface area contributed by atoms with E-state index >= 15 is 0 Å². The maximum Gasteiger partial charge on any atom is 0.419 e. The third kappa shape index (κ3) is 8.65. The quantitative estimate of drug-likeness (QED) is 0.137. The molecule has 2 aromatic heterocycles. The predicted molar refractivity (Wildman–Crippen MR) is 190 cm³/mol. The Morgan fingerprint density at radius 3 is 2.50 bits per heavy atom. The highest BCUT2D eigenvalue weighted by Gasteiger charge is 2.35. The van der Waals surface area contributed by atoms with Gasteiger partial charge in [0.25, 0.3) is 5.56 Å². The van der Waals surface area contributed by atoms with Crippen LogP contribution in [0.5, 0.6) is 5.75 Å². The minimum absolute atomic E-state index is 0.0414. The number of nitrogens with zero attached hydrogens (tertiary/aromatic N) is 4. The number of hydrogen-bond donors (Lipinski definition) is 2. The Kier molecular flexibility index (Phi) is 11.6. The minimum atomic E-state index is -4.88. The van der Waals surface area contributed by atoms with Crippen molar-refractivity contribution in [1.29, 1.82) is 0 Å². The summed E-state index contributed by atoms with van der Waals surface area (Å²) in [5, 5.41) is 7.35. The number of halogens is 4. The van der Waals surface area contributed by atoms with Gasteiger partial charge in [-0.15, -0.1) is 0 Å². The molecule has 1 saturated heterocycles. The molecule has 9 nitrogen and oxygen atoms in total. The van der Waals surface area contributed by atoms with E-state index in [1.54, 1.807) is 71.9 Å². The van der Waals surface area contributed by atoms with Crippen LogP contribution in [0.4, 0.5) is 17.6 Å². The maximum atomic E-state index is 14.7. The van der Waals surface area contributed by atoms with Crippen molar-refractivity contribution in [3.8, 4) is 11.4 Å². The summed E-state index contributed by atoms with van der Waals surface area (Å²) in [5.74, 6) is -1.03. The summed E-state index contributed by atoms with van der Waals surface area (Å²) in [4.78, 5) is 39.7. The molecule has 3 heterocycles. The first kappa shape index (κ1) is 36.6. The van der Waals surface area contributed by atoms with Crippen molar-refractivity contribution in [3.05, 3.63) is 130 Å². The van der Waals surface area contributed by atoms with Crippen molar-refractivity contribution in [2.45, 2.75) is 57.4 Å². The lowest BCUT2D eigenvalue weighted by Gasteiger charge is -2.34. The number of hydrogen-bond acceptors (Lipinski definition) is 7. The van der Waals surface area contributed by atoms with Gasteiger partial charge in [-0.3, -0.25) is 19.1 Å². The highest BCUT2D eigenvalue weighted by atomic mass is 19.4. The Morgan fingerprint density at radius 1 is 1.04 bits per heavy atom.